The van der Waals surface area contributed by atoms with E-state index in [1.807, 2.05) is 24.3 Å². The van der Waals surface area contributed by atoms with Crippen LogP contribution in [0.4, 0.5) is 0 Å². The van der Waals surface area contributed by atoms with Gasteiger partial charge in [-0.05, 0) is 17.7 Å². The van der Waals surface area contributed by atoms with E-state index in [1.165, 1.54) is 6.92 Å². The first-order valence-corrected chi connectivity index (χ1v) is 5.80. The second-order valence-electron chi connectivity index (χ2n) is 4.52. The number of amides is 1. The molecular formula is C14H16N2O2. The van der Waals surface area contributed by atoms with Crippen LogP contribution in [-0.4, -0.2) is 35.4 Å². The average molecular weight is 244 g/mol. The summed E-state index contributed by atoms with van der Waals surface area (Å²) in [5, 5.41) is 0.961. The fraction of sp³-hybridized carbons (Fsp3) is 0.286. The highest BCUT2D eigenvalue weighted by molar-refractivity contribution is 5.95. The van der Waals surface area contributed by atoms with Crippen LogP contribution in [0.5, 0.6) is 0 Å². The monoisotopic (exact) mass is 244 g/mol. The molecule has 4 nitrogen and oxygen atoms in total. The van der Waals surface area contributed by atoms with E-state index in [9.17, 15) is 9.59 Å². The zero-order chi connectivity index (χ0) is 13.3. The Morgan fingerprint density at radius 1 is 1.22 bits per heavy atom. The fourth-order valence-corrected chi connectivity index (χ4v) is 1.98. The molecule has 0 N–H and O–H groups in total. The lowest BCUT2D eigenvalue weighted by Gasteiger charge is -2.10. The molecule has 4 heteroatoms. The number of benzene rings is 1. The number of carbonyl (C=O) groups excluding carboxylic acids is 2. The Hall–Kier alpha value is -2.10. The van der Waals surface area contributed by atoms with E-state index < -0.39 is 0 Å². The third-order valence-electron chi connectivity index (χ3n) is 3.00. The minimum Gasteiger partial charge on any atom is -0.349 e. The van der Waals surface area contributed by atoms with Gasteiger partial charge in [-0.2, -0.15) is 0 Å². The van der Waals surface area contributed by atoms with E-state index in [1.54, 1.807) is 29.8 Å². The van der Waals surface area contributed by atoms with E-state index in [0.717, 1.165) is 16.5 Å². The Kier molecular flexibility index (Phi) is 3.19. The minimum absolute atomic E-state index is 0.0268. The quantitative estimate of drug-likeness (QED) is 0.810. The molecule has 0 bridgehead atoms. The zero-order valence-electron chi connectivity index (χ0n) is 10.8. The summed E-state index contributed by atoms with van der Waals surface area (Å²) in [5.74, 6) is 0.0270. The number of fused-ring (bicyclic) bond motifs is 1. The molecule has 0 aliphatic rings. The first-order valence-electron chi connectivity index (χ1n) is 5.80. The van der Waals surface area contributed by atoms with Crippen molar-refractivity contribution in [2.75, 3.05) is 14.1 Å². The molecule has 0 atom stereocenters. The normalized spacial score (nSPS) is 10.6. The highest BCUT2D eigenvalue weighted by Crippen LogP contribution is 2.21. The second-order valence-corrected chi connectivity index (χ2v) is 4.52. The molecule has 2 aromatic rings. The van der Waals surface area contributed by atoms with Crippen LogP contribution in [0.15, 0.2) is 30.5 Å². The van der Waals surface area contributed by atoms with Crippen LogP contribution in [-0.2, 0) is 11.2 Å². The van der Waals surface area contributed by atoms with Gasteiger partial charge in [0.15, 0.2) is 0 Å². The lowest BCUT2D eigenvalue weighted by atomic mass is 10.1. The summed E-state index contributed by atoms with van der Waals surface area (Å²) in [5.41, 5.74) is 1.80. The largest absolute Gasteiger partial charge is 0.349 e. The molecule has 0 aliphatic carbocycles. The number of carbonyl (C=O) groups is 2. The van der Waals surface area contributed by atoms with Crippen LogP contribution >= 0.6 is 0 Å². The fourth-order valence-electron chi connectivity index (χ4n) is 1.98. The lowest BCUT2D eigenvalue weighted by Crippen LogP contribution is -2.23. The predicted molar refractivity (Wildman–Crippen MR) is 70.6 cm³/mol. The molecule has 0 fully saturated rings. The van der Waals surface area contributed by atoms with Crippen molar-refractivity contribution < 1.29 is 9.59 Å². The van der Waals surface area contributed by atoms with E-state index in [2.05, 4.69) is 0 Å². The van der Waals surface area contributed by atoms with Crippen LogP contribution in [0, 0.1) is 0 Å². The maximum Gasteiger partial charge on any atom is 0.227 e. The van der Waals surface area contributed by atoms with Crippen molar-refractivity contribution in [3.63, 3.8) is 0 Å². The maximum absolute atomic E-state index is 11.7. The average Bonchev–Trinajstić information content (AvgIpc) is 2.73. The summed E-state index contributed by atoms with van der Waals surface area (Å²) < 4.78 is 1.60. The predicted octanol–water partition coefficient (Wildman–Crippen LogP) is 1.93. The van der Waals surface area contributed by atoms with Gasteiger partial charge in [0.1, 0.15) is 0 Å². The SMILES string of the molecule is CC(=O)n1ccc2c(CC(=O)N(C)C)cccc21. The van der Waals surface area contributed by atoms with Crippen LogP contribution in [0.25, 0.3) is 10.9 Å². The molecule has 1 aromatic heterocycles. The molecule has 0 saturated carbocycles. The standard InChI is InChI=1S/C14H16N2O2/c1-10(17)16-8-7-12-11(5-4-6-13(12)16)9-14(18)15(2)3/h4-8H,9H2,1-3H3. The summed E-state index contributed by atoms with van der Waals surface area (Å²) in [6, 6.07) is 7.57. The molecule has 0 unspecified atom stereocenters. The minimum atomic E-state index is -0.0268. The second kappa shape index (κ2) is 4.64. The Morgan fingerprint density at radius 3 is 2.56 bits per heavy atom. The molecule has 0 radical (unpaired) electrons. The molecule has 0 spiro atoms. The maximum atomic E-state index is 11.7. The molecular weight excluding hydrogens is 228 g/mol. The molecule has 1 aromatic carbocycles. The number of hydrogen-bond donors (Lipinski definition) is 0. The zero-order valence-corrected chi connectivity index (χ0v) is 10.8. The van der Waals surface area contributed by atoms with Crippen molar-refractivity contribution in [3.05, 3.63) is 36.0 Å². The molecule has 94 valence electrons. The summed E-state index contributed by atoms with van der Waals surface area (Å²) in [4.78, 5) is 24.8. The van der Waals surface area contributed by atoms with Gasteiger partial charge in [0.25, 0.3) is 0 Å². The molecule has 0 saturated heterocycles. The highest BCUT2D eigenvalue weighted by atomic mass is 16.2. The van der Waals surface area contributed by atoms with Gasteiger partial charge < -0.3 is 4.90 Å². The summed E-state index contributed by atoms with van der Waals surface area (Å²) >= 11 is 0. The summed E-state index contributed by atoms with van der Waals surface area (Å²) in [7, 11) is 3.48. The first-order chi connectivity index (χ1) is 8.50. The van der Waals surface area contributed by atoms with Crippen molar-refractivity contribution in [1.29, 1.82) is 0 Å². The van der Waals surface area contributed by atoms with Crippen molar-refractivity contribution in [3.8, 4) is 0 Å². The summed E-state index contributed by atoms with van der Waals surface area (Å²) in [6.45, 7) is 1.52. The first kappa shape index (κ1) is 12.4. The Labute approximate surface area is 106 Å². The number of hydrogen-bond acceptors (Lipinski definition) is 2. The third-order valence-corrected chi connectivity index (χ3v) is 3.00. The van der Waals surface area contributed by atoms with Gasteiger partial charge >= 0.3 is 0 Å². The molecule has 2 rings (SSSR count). The van der Waals surface area contributed by atoms with E-state index >= 15 is 0 Å². The van der Waals surface area contributed by atoms with Crippen LogP contribution in [0.1, 0.15) is 17.3 Å². The smallest absolute Gasteiger partial charge is 0.227 e. The van der Waals surface area contributed by atoms with Gasteiger partial charge in [0.05, 0.1) is 11.9 Å². The van der Waals surface area contributed by atoms with Crippen molar-refractivity contribution in [1.82, 2.24) is 9.47 Å². The van der Waals surface area contributed by atoms with Crippen LogP contribution in [0.3, 0.4) is 0 Å². The highest BCUT2D eigenvalue weighted by Gasteiger charge is 2.11. The Bertz CT molecular complexity index is 611. The van der Waals surface area contributed by atoms with Gasteiger partial charge in [-0.15, -0.1) is 0 Å². The van der Waals surface area contributed by atoms with E-state index in [0.29, 0.717) is 6.42 Å². The van der Waals surface area contributed by atoms with Gasteiger partial charge in [-0.3, -0.25) is 14.2 Å². The Morgan fingerprint density at radius 2 is 1.94 bits per heavy atom. The molecule has 1 heterocycles. The lowest BCUT2D eigenvalue weighted by molar-refractivity contribution is -0.127. The van der Waals surface area contributed by atoms with Gasteiger partial charge in [-0.25, -0.2) is 0 Å². The van der Waals surface area contributed by atoms with E-state index in [-0.39, 0.29) is 11.8 Å². The Balaban J connectivity index is 2.47. The summed E-state index contributed by atoms with van der Waals surface area (Å²) in [6.07, 6.45) is 2.10. The van der Waals surface area contributed by atoms with Crippen molar-refractivity contribution >= 4 is 22.7 Å². The van der Waals surface area contributed by atoms with Gasteiger partial charge in [0, 0.05) is 32.6 Å². The molecule has 1 amide bonds. The molecule has 0 aliphatic heterocycles. The number of nitrogens with zero attached hydrogens (tertiary/aromatic N) is 2. The van der Waals surface area contributed by atoms with Crippen molar-refractivity contribution in [2.45, 2.75) is 13.3 Å². The third kappa shape index (κ3) is 2.14. The van der Waals surface area contributed by atoms with Crippen LogP contribution in [0.2, 0.25) is 0 Å². The van der Waals surface area contributed by atoms with Gasteiger partial charge in [0.2, 0.25) is 11.8 Å². The topological polar surface area (TPSA) is 42.3 Å². The number of aromatic nitrogens is 1. The number of likely N-dealkylation sites (N-methyl/N-ethyl adjacent to an activating group) is 1. The van der Waals surface area contributed by atoms with Crippen molar-refractivity contribution in [2.24, 2.45) is 0 Å². The van der Waals surface area contributed by atoms with E-state index in [4.69, 9.17) is 0 Å². The van der Waals surface area contributed by atoms with Gasteiger partial charge in [-0.1, -0.05) is 12.1 Å². The number of rotatable bonds is 2. The van der Waals surface area contributed by atoms with Crippen LogP contribution < -0.4 is 0 Å². The molecule has 18 heavy (non-hydrogen) atoms.